The Balaban J connectivity index is 2.16. The van der Waals surface area contributed by atoms with Crippen LogP contribution in [0.1, 0.15) is 30.7 Å². The van der Waals surface area contributed by atoms with Crippen molar-refractivity contribution in [2.24, 2.45) is 0 Å². The van der Waals surface area contributed by atoms with E-state index in [1.165, 1.54) is 11.9 Å². The molecule has 0 N–H and O–H groups in total. The maximum absolute atomic E-state index is 6.11. The first-order valence-corrected chi connectivity index (χ1v) is 7.19. The molecule has 21 heavy (non-hydrogen) atoms. The third-order valence-electron chi connectivity index (χ3n) is 3.99. The number of hydrogen-bond donors (Lipinski definition) is 0. The molecule has 0 atom stereocenters. The Morgan fingerprint density at radius 1 is 1.24 bits per heavy atom. The van der Waals surface area contributed by atoms with E-state index < -0.39 is 0 Å². The molecule has 0 saturated heterocycles. The second kappa shape index (κ2) is 4.15. The lowest BCUT2D eigenvalue weighted by Gasteiger charge is -2.32. The number of aromatic nitrogens is 3. The Hall–Kier alpha value is -1.72. The van der Waals surface area contributed by atoms with Gasteiger partial charge in [0.25, 0.3) is 0 Å². The number of furan rings is 1. The molecule has 4 rings (SSSR count). The van der Waals surface area contributed by atoms with Crippen molar-refractivity contribution in [3.8, 4) is 0 Å². The van der Waals surface area contributed by atoms with Crippen LogP contribution in [-0.4, -0.2) is 20.6 Å². The van der Waals surface area contributed by atoms with Crippen molar-refractivity contribution in [3.63, 3.8) is 0 Å². The van der Waals surface area contributed by atoms with E-state index in [1.54, 1.807) is 0 Å². The molecule has 0 saturated carbocycles. The number of rotatable bonds is 0. The van der Waals surface area contributed by atoms with Gasteiger partial charge in [-0.05, 0) is 26.3 Å². The highest BCUT2D eigenvalue weighted by molar-refractivity contribution is 6.34. The van der Waals surface area contributed by atoms with Crippen LogP contribution in [0.3, 0.4) is 0 Å². The first-order chi connectivity index (χ1) is 9.96. The summed E-state index contributed by atoms with van der Waals surface area (Å²) in [5.74, 6) is 0. The van der Waals surface area contributed by atoms with Crippen LogP contribution < -0.4 is 0 Å². The topological polar surface area (TPSA) is 61.0 Å². The summed E-state index contributed by atoms with van der Waals surface area (Å²) in [6, 6.07) is 0. The summed E-state index contributed by atoms with van der Waals surface area (Å²) < 4.78 is 11.7. The van der Waals surface area contributed by atoms with E-state index >= 15 is 0 Å². The van der Waals surface area contributed by atoms with Gasteiger partial charge < -0.3 is 9.15 Å². The van der Waals surface area contributed by atoms with E-state index in [0.717, 1.165) is 28.6 Å². The van der Waals surface area contributed by atoms with Crippen LogP contribution in [0.4, 0.5) is 0 Å². The van der Waals surface area contributed by atoms with Gasteiger partial charge in [0.2, 0.25) is 5.71 Å². The second-order valence-electron chi connectivity index (χ2n) is 6.00. The fourth-order valence-corrected chi connectivity index (χ4v) is 3.11. The van der Waals surface area contributed by atoms with Gasteiger partial charge in [-0.2, -0.15) is 0 Å². The minimum atomic E-state index is -0.214. The van der Waals surface area contributed by atoms with E-state index in [4.69, 9.17) is 20.8 Å². The van der Waals surface area contributed by atoms with Gasteiger partial charge in [0, 0.05) is 17.7 Å². The number of fused-ring (bicyclic) bond motifs is 5. The van der Waals surface area contributed by atoms with Crippen molar-refractivity contribution < 1.29 is 9.15 Å². The average molecular weight is 304 g/mol. The summed E-state index contributed by atoms with van der Waals surface area (Å²) in [5.41, 5.74) is 4.83. The molecule has 108 valence electrons. The van der Waals surface area contributed by atoms with Crippen LogP contribution in [0.15, 0.2) is 10.7 Å². The summed E-state index contributed by atoms with van der Waals surface area (Å²) in [5, 5.41) is 1.25. The molecular formula is C15H14ClN3O2. The third-order valence-corrected chi connectivity index (χ3v) is 4.26. The van der Waals surface area contributed by atoms with E-state index in [1.807, 2.05) is 6.92 Å². The lowest BCUT2D eigenvalue weighted by Crippen LogP contribution is -2.32. The van der Waals surface area contributed by atoms with Gasteiger partial charge in [-0.25, -0.2) is 15.0 Å². The number of hydrogen-bond acceptors (Lipinski definition) is 5. The summed E-state index contributed by atoms with van der Waals surface area (Å²) in [6.07, 6.45) is 2.24. The van der Waals surface area contributed by atoms with Crippen LogP contribution in [0, 0.1) is 6.92 Å². The van der Waals surface area contributed by atoms with E-state index in [2.05, 4.69) is 28.8 Å². The summed E-state index contributed by atoms with van der Waals surface area (Å²) in [7, 11) is 0. The van der Waals surface area contributed by atoms with Gasteiger partial charge in [0.05, 0.1) is 17.6 Å². The molecule has 0 unspecified atom stereocenters. The second-order valence-corrected chi connectivity index (χ2v) is 6.36. The van der Waals surface area contributed by atoms with Gasteiger partial charge in [-0.15, -0.1) is 0 Å². The summed E-state index contributed by atoms with van der Waals surface area (Å²) in [6.45, 7) is 6.70. The standard InChI is InChI=1S/C15H14ClN3O2/c1-7-9-5-20-15(2,3)4-8(9)10-11-12(21-14(10)19-7)13(16)18-6-17-11/h6H,4-5H2,1-3H3. The number of halogens is 1. The van der Waals surface area contributed by atoms with Crippen molar-refractivity contribution in [2.75, 3.05) is 0 Å². The molecule has 1 aliphatic rings. The van der Waals surface area contributed by atoms with Gasteiger partial charge in [-0.1, -0.05) is 11.6 Å². The first-order valence-electron chi connectivity index (χ1n) is 6.81. The zero-order valence-corrected chi connectivity index (χ0v) is 12.8. The molecule has 0 aliphatic carbocycles. The van der Waals surface area contributed by atoms with Crippen molar-refractivity contribution in [1.29, 1.82) is 0 Å². The van der Waals surface area contributed by atoms with Crippen molar-refractivity contribution in [1.82, 2.24) is 15.0 Å². The minimum Gasteiger partial charge on any atom is -0.433 e. The molecule has 6 heteroatoms. The molecule has 0 radical (unpaired) electrons. The van der Waals surface area contributed by atoms with Crippen LogP contribution in [0.2, 0.25) is 5.15 Å². The van der Waals surface area contributed by atoms with Crippen LogP contribution in [0.5, 0.6) is 0 Å². The van der Waals surface area contributed by atoms with Crippen LogP contribution in [-0.2, 0) is 17.8 Å². The van der Waals surface area contributed by atoms with Gasteiger partial charge in [0.15, 0.2) is 10.7 Å². The molecule has 0 fully saturated rings. The zero-order chi connectivity index (χ0) is 14.8. The molecule has 3 aromatic heterocycles. The van der Waals surface area contributed by atoms with Gasteiger partial charge in [-0.3, -0.25) is 0 Å². The Morgan fingerprint density at radius 3 is 2.86 bits per heavy atom. The van der Waals surface area contributed by atoms with E-state index in [0.29, 0.717) is 23.1 Å². The normalized spacial score (nSPS) is 17.3. The number of aryl methyl sites for hydroxylation is 1. The summed E-state index contributed by atoms with van der Waals surface area (Å²) in [4.78, 5) is 12.9. The fraction of sp³-hybridized carbons (Fsp3) is 0.400. The molecule has 0 aromatic carbocycles. The Morgan fingerprint density at radius 2 is 2.05 bits per heavy atom. The number of pyridine rings is 1. The van der Waals surface area contributed by atoms with Crippen LogP contribution >= 0.6 is 11.6 Å². The number of ether oxygens (including phenoxy) is 1. The lowest BCUT2D eigenvalue weighted by molar-refractivity contribution is -0.0400. The third kappa shape index (κ3) is 1.84. The highest BCUT2D eigenvalue weighted by Crippen LogP contribution is 2.38. The van der Waals surface area contributed by atoms with Crippen LogP contribution in [0.25, 0.3) is 22.2 Å². The average Bonchev–Trinajstić information content (AvgIpc) is 2.77. The predicted octanol–water partition coefficient (Wildman–Crippen LogP) is 3.58. The maximum Gasteiger partial charge on any atom is 0.229 e. The Bertz CT molecular complexity index is 886. The minimum absolute atomic E-state index is 0.214. The Kier molecular flexibility index (Phi) is 2.56. The summed E-state index contributed by atoms with van der Waals surface area (Å²) >= 11 is 6.11. The molecular weight excluding hydrogens is 290 g/mol. The highest BCUT2D eigenvalue weighted by Gasteiger charge is 2.31. The first kappa shape index (κ1) is 13.0. The molecule has 5 nitrogen and oxygen atoms in total. The quantitative estimate of drug-likeness (QED) is 0.594. The zero-order valence-electron chi connectivity index (χ0n) is 12.0. The van der Waals surface area contributed by atoms with E-state index in [-0.39, 0.29) is 5.60 Å². The molecule has 0 amide bonds. The van der Waals surface area contributed by atoms with Crippen molar-refractivity contribution >= 4 is 33.8 Å². The molecule has 1 aliphatic heterocycles. The predicted molar refractivity (Wildman–Crippen MR) is 79.4 cm³/mol. The molecule has 0 spiro atoms. The SMILES string of the molecule is Cc1nc2oc3c(Cl)ncnc3c2c2c1COC(C)(C)C2. The lowest BCUT2D eigenvalue weighted by atomic mass is 9.89. The van der Waals surface area contributed by atoms with E-state index in [9.17, 15) is 0 Å². The van der Waals surface area contributed by atoms with Gasteiger partial charge in [0.1, 0.15) is 11.8 Å². The Labute approximate surface area is 126 Å². The highest BCUT2D eigenvalue weighted by atomic mass is 35.5. The molecule has 3 aromatic rings. The fourth-order valence-electron chi connectivity index (χ4n) is 2.94. The molecule has 4 heterocycles. The number of nitrogens with zero attached hydrogens (tertiary/aromatic N) is 3. The van der Waals surface area contributed by atoms with Crippen molar-refractivity contribution in [3.05, 3.63) is 28.3 Å². The van der Waals surface area contributed by atoms with Gasteiger partial charge >= 0.3 is 0 Å². The van der Waals surface area contributed by atoms with Crippen molar-refractivity contribution in [2.45, 2.75) is 39.4 Å². The monoisotopic (exact) mass is 303 g/mol. The smallest absolute Gasteiger partial charge is 0.229 e. The molecule has 0 bridgehead atoms. The maximum atomic E-state index is 6.11. The largest absolute Gasteiger partial charge is 0.433 e.